The van der Waals surface area contributed by atoms with Crippen molar-refractivity contribution in [2.45, 2.75) is 19.8 Å². The Morgan fingerprint density at radius 2 is 2.27 bits per heavy atom. The first kappa shape index (κ1) is 11.6. The highest BCUT2D eigenvalue weighted by Gasteiger charge is 2.09. The van der Waals surface area contributed by atoms with Gasteiger partial charge in [0.1, 0.15) is 0 Å². The number of carbonyl (C=O) groups is 1. The van der Waals surface area contributed by atoms with Crippen LogP contribution in [-0.4, -0.2) is 17.6 Å². The smallest absolute Gasteiger partial charge is 0.311 e. The lowest BCUT2D eigenvalue weighted by atomic mass is 10.2. The van der Waals surface area contributed by atoms with Crippen LogP contribution in [0.5, 0.6) is 0 Å². The van der Waals surface area contributed by atoms with E-state index >= 15 is 0 Å². The Hall–Kier alpha value is -1.52. The molecule has 82 valence electrons. The number of hydrogen-bond acceptors (Lipinski definition) is 3. The topological polar surface area (TPSA) is 39.2 Å². The Labute approximate surface area is 86.1 Å². The average Bonchev–Trinajstić information content (AvgIpc) is 2.18. The molecule has 0 aliphatic heterocycles. The van der Waals surface area contributed by atoms with Crippen molar-refractivity contribution in [3.05, 3.63) is 29.6 Å². The molecule has 0 spiro atoms. The molecule has 0 aromatic carbocycles. The van der Waals surface area contributed by atoms with Gasteiger partial charge in [0.05, 0.1) is 18.7 Å². The Balaban J connectivity index is 2.60. The third kappa shape index (κ3) is 3.61. The van der Waals surface area contributed by atoms with E-state index in [1.807, 2.05) is 0 Å². The lowest BCUT2D eigenvalue weighted by Crippen LogP contribution is -2.08. The van der Waals surface area contributed by atoms with Crippen molar-refractivity contribution in [3.8, 4) is 0 Å². The quantitative estimate of drug-likeness (QED) is 0.722. The van der Waals surface area contributed by atoms with Crippen molar-refractivity contribution in [3.63, 3.8) is 0 Å². The molecule has 3 nitrogen and oxygen atoms in total. The van der Waals surface area contributed by atoms with E-state index in [1.54, 1.807) is 6.92 Å². The summed E-state index contributed by atoms with van der Waals surface area (Å²) in [6.07, 6.45) is -1.45. The van der Waals surface area contributed by atoms with Gasteiger partial charge in [-0.3, -0.25) is 9.78 Å². The Morgan fingerprint density at radius 3 is 2.73 bits per heavy atom. The van der Waals surface area contributed by atoms with Gasteiger partial charge < -0.3 is 4.74 Å². The molecule has 1 aromatic rings. The van der Waals surface area contributed by atoms with Gasteiger partial charge in [-0.15, -0.1) is 0 Å². The first-order chi connectivity index (χ1) is 7.13. The Bertz CT molecular complexity index is 325. The van der Waals surface area contributed by atoms with E-state index in [9.17, 15) is 13.6 Å². The predicted octanol–water partition coefficient (Wildman–Crippen LogP) is 2.12. The summed E-state index contributed by atoms with van der Waals surface area (Å²) >= 11 is 0. The van der Waals surface area contributed by atoms with E-state index < -0.39 is 12.4 Å². The maximum Gasteiger partial charge on any atom is 0.311 e. The minimum absolute atomic E-state index is 0.0113. The fraction of sp³-hybridized carbons (Fsp3) is 0.400. The van der Waals surface area contributed by atoms with E-state index in [-0.39, 0.29) is 12.0 Å². The van der Waals surface area contributed by atoms with Crippen LogP contribution in [0.3, 0.4) is 0 Å². The summed E-state index contributed by atoms with van der Waals surface area (Å²) in [5.41, 5.74) is 0.278. The third-order valence-corrected chi connectivity index (χ3v) is 1.73. The van der Waals surface area contributed by atoms with Gasteiger partial charge in [-0.05, 0) is 19.1 Å². The number of rotatable bonds is 4. The second kappa shape index (κ2) is 5.38. The summed E-state index contributed by atoms with van der Waals surface area (Å²) in [6, 6.07) is 2.66. The molecule has 5 heteroatoms. The molecule has 1 rings (SSSR count). The fourth-order valence-electron chi connectivity index (χ4n) is 1.03. The van der Waals surface area contributed by atoms with Crippen LogP contribution in [0.25, 0.3) is 0 Å². The zero-order valence-corrected chi connectivity index (χ0v) is 8.24. The molecule has 1 aromatic heterocycles. The second-order valence-electron chi connectivity index (χ2n) is 2.87. The maximum absolute atomic E-state index is 12.2. The van der Waals surface area contributed by atoms with Gasteiger partial charge >= 0.3 is 5.97 Å². The average molecular weight is 215 g/mol. The van der Waals surface area contributed by atoms with E-state index in [4.69, 9.17) is 4.74 Å². The molecule has 0 amide bonds. The summed E-state index contributed by atoms with van der Waals surface area (Å²) in [4.78, 5) is 14.8. The molecule has 0 atom stereocenters. The molecule has 15 heavy (non-hydrogen) atoms. The first-order valence-electron chi connectivity index (χ1n) is 4.52. The molecule has 0 saturated heterocycles. The molecule has 0 saturated carbocycles. The van der Waals surface area contributed by atoms with Crippen LogP contribution >= 0.6 is 0 Å². The van der Waals surface area contributed by atoms with Gasteiger partial charge in [0.25, 0.3) is 6.43 Å². The van der Waals surface area contributed by atoms with Gasteiger partial charge in [-0.25, -0.2) is 8.78 Å². The number of ether oxygens (including phenoxy) is 1. The highest BCUT2D eigenvalue weighted by molar-refractivity contribution is 5.71. The van der Waals surface area contributed by atoms with Gasteiger partial charge in [0.15, 0.2) is 0 Å². The predicted molar refractivity (Wildman–Crippen MR) is 49.5 cm³/mol. The van der Waals surface area contributed by atoms with E-state index in [0.717, 1.165) is 6.20 Å². The van der Waals surface area contributed by atoms with Crippen LogP contribution in [0, 0.1) is 0 Å². The Morgan fingerprint density at radius 1 is 1.53 bits per heavy atom. The minimum Gasteiger partial charge on any atom is -0.466 e. The summed E-state index contributed by atoms with van der Waals surface area (Å²) in [5.74, 6) is -0.408. The van der Waals surface area contributed by atoms with Crippen molar-refractivity contribution < 1.29 is 18.3 Å². The molecule has 0 unspecified atom stereocenters. The third-order valence-electron chi connectivity index (χ3n) is 1.73. The highest BCUT2D eigenvalue weighted by atomic mass is 19.3. The molecule has 0 bridgehead atoms. The van der Waals surface area contributed by atoms with Gasteiger partial charge in [-0.1, -0.05) is 0 Å². The number of carbonyl (C=O) groups excluding carboxylic acids is 1. The summed E-state index contributed by atoms with van der Waals surface area (Å²) in [7, 11) is 0. The first-order valence-corrected chi connectivity index (χ1v) is 4.52. The standard InChI is InChI=1S/C10H11F2NO2/c1-2-15-9(14)5-8-4-3-7(6-13-8)10(11)12/h3-4,6,10H,2,5H2,1H3. The molecular weight excluding hydrogens is 204 g/mol. The van der Waals surface area contributed by atoms with Crippen molar-refractivity contribution in [2.75, 3.05) is 6.61 Å². The zero-order valence-electron chi connectivity index (χ0n) is 8.24. The van der Waals surface area contributed by atoms with Crippen molar-refractivity contribution in [2.24, 2.45) is 0 Å². The lowest BCUT2D eigenvalue weighted by molar-refractivity contribution is -0.142. The lowest BCUT2D eigenvalue weighted by Gasteiger charge is -2.02. The Kier molecular flexibility index (Phi) is 4.15. The second-order valence-corrected chi connectivity index (χ2v) is 2.87. The van der Waals surface area contributed by atoms with Crippen molar-refractivity contribution in [1.29, 1.82) is 0 Å². The molecular formula is C10H11F2NO2. The van der Waals surface area contributed by atoms with Crippen LogP contribution in [0.15, 0.2) is 18.3 Å². The van der Waals surface area contributed by atoms with E-state index in [2.05, 4.69) is 4.98 Å². The number of alkyl halides is 2. The van der Waals surface area contributed by atoms with Gasteiger partial charge in [0.2, 0.25) is 0 Å². The number of hydrogen-bond donors (Lipinski definition) is 0. The SMILES string of the molecule is CCOC(=O)Cc1ccc(C(F)F)cn1. The number of nitrogens with zero attached hydrogens (tertiary/aromatic N) is 1. The van der Waals surface area contributed by atoms with Crippen LogP contribution in [0.4, 0.5) is 8.78 Å². The number of aromatic nitrogens is 1. The van der Waals surface area contributed by atoms with Gasteiger partial charge in [-0.2, -0.15) is 0 Å². The summed E-state index contributed by atoms with van der Waals surface area (Å²) < 4.78 is 29.0. The summed E-state index contributed by atoms with van der Waals surface area (Å²) in [6.45, 7) is 2.00. The molecule has 0 N–H and O–H groups in total. The van der Waals surface area contributed by atoms with Crippen molar-refractivity contribution in [1.82, 2.24) is 4.98 Å². The van der Waals surface area contributed by atoms with E-state index in [0.29, 0.717) is 12.3 Å². The molecule has 0 aliphatic rings. The molecule has 0 aliphatic carbocycles. The van der Waals surface area contributed by atoms with Crippen LogP contribution in [0.1, 0.15) is 24.6 Å². The fourth-order valence-corrected chi connectivity index (χ4v) is 1.03. The van der Waals surface area contributed by atoms with E-state index in [1.165, 1.54) is 12.1 Å². The number of esters is 1. The largest absolute Gasteiger partial charge is 0.466 e. The van der Waals surface area contributed by atoms with Crippen LogP contribution < -0.4 is 0 Å². The summed E-state index contributed by atoms with van der Waals surface area (Å²) in [5, 5.41) is 0. The van der Waals surface area contributed by atoms with Gasteiger partial charge in [0, 0.05) is 11.8 Å². The molecule has 0 fully saturated rings. The molecule has 1 heterocycles. The number of pyridine rings is 1. The number of halogens is 2. The normalized spacial score (nSPS) is 10.4. The molecule has 0 radical (unpaired) electrons. The van der Waals surface area contributed by atoms with Crippen molar-refractivity contribution >= 4 is 5.97 Å². The van der Waals surface area contributed by atoms with Crippen LogP contribution in [-0.2, 0) is 16.0 Å². The zero-order chi connectivity index (χ0) is 11.3. The van der Waals surface area contributed by atoms with Crippen LogP contribution in [0.2, 0.25) is 0 Å². The minimum atomic E-state index is -2.53. The highest BCUT2D eigenvalue weighted by Crippen LogP contribution is 2.17. The monoisotopic (exact) mass is 215 g/mol. The maximum atomic E-state index is 12.2.